The number of aliphatic hydroxyl groups is 2. The first-order chi connectivity index (χ1) is 6.63. The third-order valence-electron chi connectivity index (χ3n) is 1.96. The molecule has 0 fully saturated rings. The topological polar surface area (TPSA) is 40.5 Å². The highest BCUT2D eigenvalue weighted by Crippen LogP contribution is 2.08. The first kappa shape index (κ1) is 11.4. The Hall–Kier alpha value is -0.640. The van der Waals surface area contributed by atoms with Crippen molar-refractivity contribution in [2.75, 3.05) is 5.88 Å². The molecule has 2 N–H and O–H groups in total. The fraction of sp³-hybridized carbons (Fsp3) is 0.400. The van der Waals surface area contributed by atoms with E-state index in [0.29, 0.717) is 0 Å². The van der Waals surface area contributed by atoms with Gasteiger partial charge in [0.15, 0.2) is 0 Å². The molecule has 2 nitrogen and oxygen atoms in total. The normalized spacial score (nSPS) is 15.1. The molecule has 2 atom stereocenters. The Morgan fingerprint density at radius 2 is 1.71 bits per heavy atom. The summed E-state index contributed by atoms with van der Waals surface area (Å²) in [6.07, 6.45) is -1.58. The molecule has 0 aliphatic carbocycles. The quantitative estimate of drug-likeness (QED) is 0.749. The van der Waals surface area contributed by atoms with Gasteiger partial charge >= 0.3 is 0 Å². The van der Waals surface area contributed by atoms with Crippen LogP contribution in [0.5, 0.6) is 0 Å². The SMILES string of the molecule is OC(CCl)[C@H](O)Cc1ccc(F)cc1. The van der Waals surface area contributed by atoms with Gasteiger partial charge in [-0.3, -0.25) is 0 Å². The van der Waals surface area contributed by atoms with E-state index in [-0.39, 0.29) is 18.1 Å². The number of rotatable bonds is 4. The number of benzene rings is 1. The number of aliphatic hydroxyl groups excluding tert-OH is 2. The molecule has 0 aromatic heterocycles. The lowest BCUT2D eigenvalue weighted by molar-refractivity contribution is 0.0341. The van der Waals surface area contributed by atoms with E-state index >= 15 is 0 Å². The molecule has 1 aromatic rings. The van der Waals surface area contributed by atoms with E-state index < -0.39 is 12.2 Å². The third-order valence-corrected chi connectivity index (χ3v) is 2.28. The van der Waals surface area contributed by atoms with E-state index in [4.69, 9.17) is 11.6 Å². The zero-order valence-electron chi connectivity index (χ0n) is 7.53. The molecule has 0 spiro atoms. The summed E-state index contributed by atoms with van der Waals surface area (Å²) < 4.78 is 12.5. The number of alkyl halides is 1. The van der Waals surface area contributed by atoms with Crippen molar-refractivity contribution in [2.45, 2.75) is 18.6 Å². The van der Waals surface area contributed by atoms with Crippen LogP contribution < -0.4 is 0 Å². The van der Waals surface area contributed by atoms with E-state index in [9.17, 15) is 14.6 Å². The third kappa shape index (κ3) is 3.25. The molecule has 0 saturated carbocycles. The summed E-state index contributed by atoms with van der Waals surface area (Å²) in [5, 5.41) is 18.6. The van der Waals surface area contributed by atoms with Crippen molar-refractivity contribution in [3.05, 3.63) is 35.6 Å². The maximum absolute atomic E-state index is 12.5. The maximum atomic E-state index is 12.5. The highest BCUT2D eigenvalue weighted by atomic mass is 35.5. The van der Waals surface area contributed by atoms with Crippen molar-refractivity contribution in [1.29, 1.82) is 0 Å². The van der Waals surface area contributed by atoms with Gasteiger partial charge in [0, 0.05) is 6.42 Å². The maximum Gasteiger partial charge on any atom is 0.123 e. The smallest absolute Gasteiger partial charge is 0.123 e. The van der Waals surface area contributed by atoms with Crippen LogP contribution in [0.25, 0.3) is 0 Å². The Bertz CT molecular complexity index is 276. The molecule has 1 rings (SSSR count). The Labute approximate surface area is 86.9 Å². The second kappa shape index (κ2) is 5.29. The van der Waals surface area contributed by atoms with Crippen molar-refractivity contribution in [3.63, 3.8) is 0 Å². The molecular weight excluding hydrogens is 207 g/mol. The second-order valence-electron chi connectivity index (χ2n) is 3.12. The van der Waals surface area contributed by atoms with E-state index in [1.54, 1.807) is 12.1 Å². The van der Waals surface area contributed by atoms with Gasteiger partial charge in [0.2, 0.25) is 0 Å². The first-order valence-electron chi connectivity index (χ1n) is 4.30. The Morgan fingerprint density at radius 3 is 2.21 bits per heavy atom. The lowest BCUT2D eigenvalue weighted by atomic mass is 10.0. The van der Waals surface area contributed by atoms with Crippen molar-refractivity contribution < 1.29 is 14.6 Å². The summed E-state index contributed by atoms with van der Waals surface area (Å²) in [6, 6.07) is 5.77. The molecule has 0 heterocycles. The molecule has 0 saturated heterocycles. The van der Waals surface area contributed by atoms with Gasteiger partial charge in [-0.1, -0.05) is 12.1 Å². The van der Waals surface area contributed by atoms with Crippen molar-refractivity contribution in [3.8, 4) is 0 Å². The van der Waals surface area contributed by atoms with Crippen LogP contribution in [0.15, 0.2) is 24.3 Å². The standard InChI is InChI=1S/C10H12ClFO2/c11-6-10(14)9(13)5-7-1-3-8(12)4-2-7/h1-4,9-10,13-14H,5-6H2/t9-,10?/m1/s1. The molecule has 4 heteroatoms. The summed E-state index contributed by atoms with van der Waals surface area (Å²) in [4.78, 5) is 0. The van der Waals surface area contributed by atoms with Crippen molar-refractivity contribution >= 4 is 11.6 Å². The largest absolute Gasteiger partial charge is 0.390 e. The summed E-state index contributed by atoms with van der Waals surface area (Å²) in [6.45, 7) is 0. The van der Waals surface area contributed by atoms with Crippen LogP contribution in [-0.4, -0.2) is 28.3 Å². The average Bonchev–Trinajstić information content (AvgIpc) is 2.20. The first-order valence-corrected chi connectivity index (χ1v) is 4.83. The predicted octanol–water partition coefficient (Wildman–Crippen LogP) is 1.33. The van der Waals surface area contributed by atoms with Gasteiger partial charge < -0.3 is 10.2 Å². The van der Waals surface area contributed by atoms with Crippen LogP contribution in [-0.2, 0) is 6.42 Å². The minimum Gasteiger partial charge on any atom is -0.390 e. The van der Waals surface area contributed by atoms with Gasteiger partial charge in [-0.25, -0.2) is 4.39 Å². The number of halogens is 2. The van der Waals surface area contributed by atoms with Gasteiger partial charge in [0.25, 0.3) is 0 Å². The lowest BCUT2D eigenvalue weighted by Gasteiger charge is -2.14. The van der Waals surface area contributed by atoms with E-state index in [2.05, 4.69) is 0 Å². The van der Waals surface area contributed by atoms with Gasteiger partial charge in [0.05, 0.1) is 18.1 Å². The Kier molecular flexibility index (Phi) is 4.32. The molecule has 0 amide bonds. The van der Waals surface area contributed by atoms with E-state index in [1.165, 1.54) is 12.1 Å². The zero-order valence-corrected chi connectivity index (χ0v) is 8.28. The van der Waals surface area contributed by atoms with Crippen LogP contribution >= 0.6 is 11.6 Å². The predicted molar refractivity (Wildman–Crippen MR) is 52.8 cm³/mol. The van der Waals surface area contributed by atoms with E-state index in [0.717, 1.165) is 5.56 Å². The molecule has 0 aliphatic heterocycles. The van der Waals surface area contributed by atoms with Crippen LogP contribution in [0.4, 0.5) is 4.39 Å². The molecular formula is C10H12ClFO2. The molecule has 1 aromatic carbocycles. The van der Waals surface area contributed by atoms with E-state index in [1.807, 2.05) is 0 Å². The van der Waals surface area contributed by atoms with Crippen LogP contribution in [0.3, 0.4) is 0 Å². The minimum atomic E-state index is -0.943. The lowest BCUT2D eigenvalue weighted by Crippen LogP contribution is -2.29. The summed E-state index contributed by atoms with van der Waals surface area (Å²) >= 11 is 5.37. The highest BCUT2D eigenvalue weighted by molar-refractivity contribution is 6.18. The van der Waals surface area contributed by atoms with Crippen LogP contribution in [0.2, 0.25) is 0 Å². The fourth-order valence-electron chi connectivity index (χ4n) is 1.10. The summed E-state index contributed by atoms with van der Waals surface area (Å²) in [5.41, 5.74) is 0.767. The molecule has 0 bridgehead atoms. The Balaban J connectivity index is 2.56. The molecule has 0 radical (unpaired) electrons. The van der Waals surface area contributed by atoms with Gasteiger partial charge in [0.1, 0.15) is 5.82 Å². The Morgan fingerprint density at radius 1 is 1.14 bits per heavy atom. The molecule has 0 aliphatic rings. The average molecular weight is 219 g/mol. The highest BCUT2D eigenvalue weighted by Gasteiger charge is 2.15. The summed E-state index contributed by atoms with van der Waals surface area (Å²) in [7, 11) is 0. The van der Waals surface area contributed by atoms with Gasteiger partial charge in [-0.15, -0.1) is 11.6 Å². The summed E-state index contributed by atoms with van der Waals surface area (Å²) in [5.74, 6) is -0.330. The van der Waals surface area contributed by atoms with Crippen molar-refractivity contribution in [1.82, 2.24) is 0 Å². The molecule has 1 unspecified atom stereocenters. The minimum absolute atomic E-state index is 0.0115. The van der Waals surface area contributed by atoms with Crippen LogP contribution in [0, 0.1) is 5.82 Å². The second-order valence-corrected chi connectivity index (χ2v) is 3.43. The van der Waals surface area contributed by atoms with Gasteiger partial charge in [-0.2, -0.15) is 0 Å². The number of hydrogen-bond acceptors (Lipinski definition) is 2. The van der Waals surface area contributed by atoms with Crippen LogP contribution in [0.1, 0.15) is 5.56 Å². The van der Waals surface area contributed by atoms with Crippen molar-refractivity contribution in [2.24, 2.45) is 0 Å². The molecule has 14 heavy (non-hydrogen) atoms. The van der Waals surface area contributed by atoms with Gasteiger partial charge in [-0.05, 0) is 17.7 Å². The zero-order chi connectivity index (χ0) is 10.6. The molecule has 78 valence electrons. The monoisotopic (exact) mass is 218 g/mol. The fourth-order valence-corrected chi connectivity index (χ4v) is 1.31. The number of hydrogen-bond donors (Lipinski definition) is 2.